The van der Waals surface area contributed by atoms with Gasteiger partial charge in [0.1, 0.15) is 0 Å². The van der Waals surface area contributed by atoms with Gasteiger partial charge in [-0.3, -0.25) is 4.79 Å². The van der Waals surface area contributed by atoms with E-state index in [2.05, 4.69) is 6.07 Å². The molecule has 0 radical (unpaired) electrons. The summed E-state index contributed by atoms with van der Waals surface area (Å²) < 4.78 is 16.3. The summed E-state index contributed by atoms with van der Waals surface area (Å²) in [5, 5.41) is 9.76. The van der Waals surface area contributed by atoms with Crippen LogP contribution in [0.1, 0.15) is 23.7 Å². The zero-order valence-corrected chi connectivity index (χ0v) is 18.3. The Hall–Kier alpha value is -3.79. The molecule has 0 fully saturated rings. The van der Waals surface area contributed by atoms with E-state index in [1.54, 1.807) is 51.5 Å². The molecule has 0 saturated heterocycles. The first-order chi connectivity index (χ1) is 14.9. The van der Waals surface area contributed by atoms with Gasteiger partial charge in [-0.2, -0.15) is 5.26 Å². The molecule has 31 heavy (non-hydrogen) atoms. The topological polar surface area (TPSA) is 84.7 Å². The molecule has 1 atom stereocenters. The molecule has 3 rings (SSSR count). The zero-order chi connectivity index (χ0) is 22.5. The van der Waals surface area contributed by atoms with E-state index in [1.807, 2.05) is 31.2 Å². The molecule has 0 aliphatic rings. The first-order valence-corrected chi connectivity index (χ1v) is 9.79. The highest BCUT2D eigenvalue weighted by atomic mass is 16.5. The van der Waals surface area contributed by atoms with Crippen molar-refractivity contribution in [3.63, 3.8) is 0 Å². The van der Waals surface area contributed by atoms with Crippen molar-refractivity contribution in [2.75, 3.05) is 28.4 Å². The van der Waals surface area contributed by atoms with Gasteiger partial charge >= 0.3 is 0 Å². The summed E-state index contributed by atoms with van der Waals surface area (Å²) in [5.41, 5.74) is 2.53. The highest BCUT2D eigenvalue weighted by molar-refractivity contribution is 6.07. The SMILES string of the molecule is COc1cc(-c2cc(C(=O)N(C)C(C)CC#N)c3ccccc3n2)cc(OC)c1OC. The Balaban J connectivity index is 2.20. The summed E-state index contributed by atoms with van der Waals surface area (Å²) in [5.74, 6) is 1.31. The number of nitriles is 1. The van der Waals surface area contributed by atoms with Gasteiger partial charge in [0.05, 0.1) is 50.6 Å². The molecule has 0 N–H and O–H groups in total. The summed E-state index contributed by atoms with van der Waals surface area (Å²) in [6.45, 7) is 1.85. The highest BCUT2D eigenvalue weighted by Gasteiger charge is 2.22. The molecule has 7 heteroatoms. The number of carbonyl (C=O) groups excluding carboxylic acids is 1. The van der Waals surface area contributed by atoms with Crippen LogP contribution in [0.2, 0.25) is 0 Å². The molecule has 1 unspecified atom stereocenters. The largest absolute Gasteiger partial charge is 0.493 e. The molecule has 0 bridgehead atoms. The van der Waals surface area contributed by atoms with Crippen LogP contribution in [0.4, 0.5) is 0 Å². The minimum Gasteiger partial charge on any atom is -0.493 e. The molecule has 2 aromatic carbocycles. The molecule has 160 valence electrons. The number of amides is 1. The number of fused-ring (bicyclic) bond motifs is 1. The molecular weight excluding hydrogens is 394 g/mol. The van der Waals surface area contributed by atoms with Crippen LogP contribution < -0.4 is 14.2 Å². The Morgan fingerprint density at radius 2 is 1.74 bits per heavy atom. The van der Waals surface area contributed by atoms with Crippen LogP contribution in [-0.4, -0.2) is 50.2 Å². The van der Waals surface area contributed by atoms with Gasteiger partial charge in [-0.15, -0.1) is 0 Å². The maximum absolute atomic E-state index is 13.3. The normalized spacial score (nSPS) is 11.5. The maximum atomic E-state index is 13.3. The molecule has 1 heterocycles. The number of ether oxygens (including phenoxy) is 3. The Morgan fingerprint density at radius 3 is 2.32 bits per heavy atom. The van der Waals surface area contributed by atoms with Crippen LogP contribution in [0, 0.1) is 11.3 Å². The quantitative estimate of drug-likeness (QED) is 0.568. The maximum Gasteiger partial charge on any atom is 0.254 e. The first kappa shape index (κ1) is 21.9. The lowest BCUT2D eigenvalue weighted by atomic mass is 10.0. The van der Waals surface area contributed by atoms with Gasteiger partial charge in [-0.25, -0.2) is 4.98 Å². The third-order valence-corrected chi connectivity index (χ3v) is 5.28. The Bertz CT molecular complexity index is 1130. The predicted molar refractivity (Wildman–Crippen MR) is 119 cm³/mol. The Kier molecular flexibility index (Phi) is 6.61. The molecule has 0 aliphatic carbocycles. The van der Waals surface area contributed by atoms with Crippen molar-refractivity contribution in [1.29, 1.82) is 5.26 Å². The van der Waals surface area contributed by atoms with E-state index in [-0.39, 0.29) is 18.4 Å². The lowest BCUT2D eigenvalue weighted by Crippen LogP contribution is -2.35. The third-order valence-electron chi connectivity index (χ3n) is 5.28. The molecule has 0 aliphatic heterocycles. The van der Waals surface area contributed by atoms with Crippen LogP contribution in [0.15, 0.2) is 42.5 Å². The van der Waals surface area contributed by atoms with Crippen LogP contribution in [0.5, 0.6) is 17.2 Å². The Labute approximate surface area is 181 Å². The summed E-state index contributed by atoms with van der Waals surface area (Å²) >= 11 is 0. The lowest BCUT2D eigenvalue weighted by molar-refractivity contribution is 0.0748. The van der Waals surface area contributed by atoms with Gasteiger partial charge in [0.2, 0.25) is 5.75 Å². The number of benzene rings is 2. The fourth-order valence-corrected chi connectivity index (χ4v) is 3.39. The van der Waals surface area contributed by atoms with E-state index >= 15 is 0 Å². The van der Waals surface area contributed by atoms with Crippen LogP contribution in [0.25, 0.3) is 22.2 Å². The predicted octanol–water partition coefficient (Wildman–Crippen LogP) is 4.30. The van der Waals surface area contributed by atoms with Crippen molar-refractivity contribution >= 4 is 16.8 Å². The van der Waals surface area contributed by atoms with E-state index in [1.165, 1.54) is 0 Å². The summed E-state index contributed by atoms with van der Waals surface area (Å²) in [6.07, 6.45) is 0.255. The van der Waals surface area contributed by atoms with Gasteiger partial charge in [0.15, 0.2) is 11.5 Å². The Morgan fingerprint density at radius 1 is 1.10 bits per heavy atom. The number of methoxy groups -OCH3 is 3. The third kappa shape index (κ3) is 4.24. The van der Waals surface area contributed by atoms with Crippen LogP contribution in [-0.2, 0) is 0 Å². The molecule has 0 spiro atoms. The summed E-state index contributed by atoms with van der Waals surface area (Å²) in [4.78, 5) is 19.7. The number of para-hydroxylation sites is 1. The van der Waals surface area contributed by atoms with E-state index in [0.717, 1.165) is 10.9 Å². The molecule has 1 aromatic heterocycles. The van der Waals surface area contributed by atoms with Gasteiger partial charge in [0.25, 0.3) is 5.91 Å². The number of pyridine rings is 1. The van der Waals surface area contributed by atoms with Gasteiger partial charge in [-0.05, 0) is 31.2 Å². The smallest absolute Gasteiger partial charge is 0.254 e. The molecule has 7 nitrogen and oxygen atoms in total. The first-order valence-electron chi connectivity index (χ1n) is 9.79. The lowest BCUT2D eigenvalue weighted by Gasteiger charge is -2.24. The van der Waals surface area contributed by atoms with E-state index < -0.39 is 0 Å². The second kappa shape index (κ2) is 9.35. The fraction of sp³-hybridized carbons (Fsp3) is 0.292. The molecule has 0 saturated carbocycles. The van der Waals surface area contributed by atoms with E-state index in [9.17, 15) is 4.79 Å². The van der Waals surface area contributed by atoms with Crippen molar-refractivity contribution in [1.82, 2.24) is 9.88 Å². The van der Waals surface area contributed by atoms with Crippen LogP contribution >= 0.6 is 0 Å². The average molecular weight is 419 g/mol. The van der Waals surface area contributed by atoms with Crippen molar-refractivity contribution in [2.24, 2.45) is 0 Å². The number of hydrogen-bond donors (Lipinski definition) is 0. The second-order valence-electron chi connectivity index (χ2n) is 7.11. The molecular formula is C24H25N3O4. The minimum atomic E-state index is -0.214. The van der Waals surface area contributed by atoms with Crippen molar-refractivity contribution in [3.8, 4) is 34.6 Å². The van der Waals surface area contributed by atoms with E-state index in [0.29, 0.717) is 34.0 Å². The average Bonchev–Trinajstić information content (AvgIpc) is 2.81. The number of carbonyl (C=O) groups is 1. The fourth-order valence-electron chi connectivity index (χ4n) is 3.39. The van der Waals surface area contributed by atoms with E-state index in [4.69, 9.17) is 24.5 Å². The van der Waals surface area contributed by atoms with Gasteiger partial charge in [0, 0.05) is 24.0 Å². The van der Waals surface area contributed by atoms with Gasteiger partial charge in [-0.1, -0.05) is 18.2 Å². The number of rotatable bonds is 7. The number of nitrogens with zero attached hydrogens (tertiary/aromatic N) is 3. The summed E-state index contributed by atoms with van der Waals surface area (Å²) in [7, 11) is 6.35. The van der Waals surface area contributed by atoms with Crippen molar-refractivity contribution in [3.05, 3.63) is 48.0 Å². The van der Waals surface area contributed by atoms with Crippen molar-refractivity contribution < 1.29 is 19.0 Å². The zero-order valence-electron chi connectivity index (χ0n) is 18.3. The number of aromatic nitrogens is 1. The highest BCUT2D eigenvalue weighted by Crippen LogP contribution is 2.41. The molecule has 3 aromatic rings. The summed E-state index contributed by atoms with van der Waals surface area (Å²) in [6, 6.07) is 14.8. The monoisotopic (exact) mass is 419 g/mol. The van der Waals surface area contributed by atoms with Gasteiger partial charge < -0.3 is 19.1 Å². The van der Waals surface area contributed by atoms with Crippen molar-refractivity contribution in [2.45, 2.75) is 19.4 Å². The standard InChI is InChI=1S/C24H25N3O4/c1-15(10-11-25)27(2)24(28)18-14-20(26-19-9-7-6-8-17(18)19)16-12-21(29-3)23(31-5)22(13-16)30-4/h6-9,12-15H,10H2,1-5H3. The van der Waals surface area contributed by atoms with Crippen LogP contribution in [0.3, 0.4) is 0 Å². The second-order valence-corrected chi connectivity index (χ2v) is 7.11. The minimum absolute atomic E-state index is 0.171. The number of hydrogen-bond acceptors (Lipinski definition) is 6. The molecule has 1 amide bonds.